The number of para-hydroxylation sites is 1. The molecule has 0 saturated carbocycles. The Morgan fingerprint density at radius 3 is 2.48 bits per heavy atom. The smallest absolute Gasteiger partial charge is 0.435 e. The number of phenols is 1. The zero-order valence-corrected chi connectivity index (χ0v) is 17.9. The molecule has 2 heterocycles. The Labute approximate surface area is 187 Å². The minimum absolute atomic E-state index is 0.00103. The number of alkyl halides is 3. The number of carbonyl (C=O) groups is 1. The number of hydrogen-bond acceptors (Lipinski definition) is 5. The highest BCUT2D eigenvalue weighted by molar-refractivity contribution is 6.03. The first-order valence-corrected chi connectivity index (χ1v) is 10.1. The molecular weight excluding hydrogens is 437 g/mol. The minimum Gasteiger partial charge on any atom is -0.508 e. The zero-order chi connectivity index (χ0) is 23.8. The van der Waals surface area contributed by atoms with Gasteiger partial charge in [-0.05, 0) is 48.9 Å². The van der Waals surface area contributed by atoms with Crippen molar-refractivity contribution in [3.05, 3.63) is 77.1 Å². The summed E-state index contributed by atoms with van der Waals surface area (Å²) >= 11 is 0. The van der Waals surface area contributed by atoms with Gasteiger partial charge in [0.2, 0.25) is 0 Å². The van der Waals surface area contributed by atoms with E-state index in [4.69, 9.17) is 4.74 Å². The fourth-order valence-electron chi connectivity index (χ4n) is 3.72. The second-order valence-corrected chi connectivity index (χ2v) is 7.62. The van der Waals surface area contributed by atoms with Gasteiger partial charge in [0, 0.05) is 17.7 Å². The number of phenolic OH excluding ortho intramolecular Hbond substituents is 1. The quantitative estimate of drug-likeness (QED) is 0.618. The largest absolute Gasteiger partial charge is 0.508 e. The Balaban J connectivity index is 1.66. The van der Waals surface area contributed by atoms with Gasteiger partial charge in [0.25, 0.3) is 5.91 Å². The first-order chi connectivity index (χ1) is 15.7. The highest BCUT2D eigenvalue weighted by Crippen LogP contribution is 2.37. The monoisotopic (exact) mass is 458 g/mol. The van der Waals surface area contributed by atoms with E-state index in [9.17, 15) is 23.1 Å². The van der Waals surface area contributed by atoms with Gasteiger partial charge in [-0.15, -0.1) is 0 Å². The van der Waals surface area contributed by atoms with Crippen LogP contribution in [0.15, 0.2) is 59.7 Å². The van der Waals surface area contributed by atoms with Gasteiger partial charge in [-0.3, -0.25) is 9.48 Å². The first-order valence-electron chi connectivity index (χ1n) is 10.1. The van der Waals surface area contributed by atoms with Gasteiger partial charge >= 0.3 is 6.18 Å². The van der Waals surface area contributed by atoms with E-state index in [1.54, 1.807) is 49.6 Å². The van der Waals surface area contributed by atoms with Gasteiger partial charge in [-0.1, -0.05) is 18.2 Å². The molecule has 0 bridgehead atoms. The van der Waals surface area contributed by atoms with Crippen molar-refractivity contribution in [1.29, 1.82) is 0 Å². The molecule has 10 heteroatoms. The van der Waals surface area contributed by atoms with Crippen molar-refractivity contribution in [1.82, 2.24) is 14.8 Å². The van der Waals surface area contributed by atoms with Crippen LogP contribution in [-0.4, -0.2) is 38.6 Å². The summed E-state index contributed by atoms with van der Waals surface area (Å²) in [5.74, 6) is 0.116. The average molecular weight is 458 g/mol. The number of aromatic nitrogens is 2. The number of hydrazone groups is 1. The van der Waals surface area contributed by atoms with Crippen LogP contribution in [0.25, 0.3) is 0 Å². The molecule has 0 unspecified atom stereocenters. The molecule has 0 aliphatic carbocycles. The van der Waals surface area contributed by atoms with Crippen molar-refractivity contribution in [2.75, 3.05) is 7.11 Å². The van der Waals surface area contributed by atoms with E-state index in [1.807, 2.05) is 0 Å². The standard InChI is InChI=1S/C23H21F3N4O3/c1-14-11-21(23(24,25)26)28-29(14)13-22(32)30-19(17-5-3-4-6-20(17)31)12-18(27-30)15-7-9-16(33-2)10-8-15/h3-11,19,31H,12-13H2,1-2H3/t19-/m1/s1. The van der Waals surface area contributed by atoms with Crippen molar-refractivity contribution < 1.29 is 27.8 Å². The third kappa shape index (κ3) is 4.55. The number of benzene rings is 2. The summed E-state index contributed by atoms with van der Waals surface area (Å²) in [4.78, 5) is 13.2. The average Bonchev–Trinajstić information content (AvgIpc) is 3.38. The molecule has 0 radical (unpaired) electrons. The van der Waals surface area contributed by atoms with Gasteiger partial charge in [-0.2, -0.15) is 23.4 Å². The summed E-state index contributed by atoms with van der Waals surface area (Å²) in [5, 5.41) is 19.6. The lowest BCUT2D eigenvalue weighted by atomic mass is 9.97. The van der Waals surface area contributed by atoms with Crippen LogP contribution in [0.3, 0.4) is 0 Å². The fraction of sp³-hybridized carbons (Fsp3) is 0.261. The number of halogens is 3. The molecule has 1 aromatic heterocycles. The third-order valence-corrected chi connectivity index (χ3v) is 5.44. The van der Waals surface area contributed by atoms with E-state index in [0.717, 1.165) is 16.3 Å². The molecule has 33 heavy (non-hydrogen) atoms. The SMILES string of the molecule is COc1ccc(C2=NN(C(=O)Cn3nc(C(F)(F)F)cc3C)[C@@H](c3ccccc3O)C2)cc1. The van der Waals surface area contributed by atoms with Crippen LogP contribution in [0.2, 0.25) is 0 Å². The molecule has 172 valence electrons. The molecule has 1 N–H and O–H groups in total. The highest BCUT2D eigenvalue weighted by atomic mass is 19.4. The van der Waals surface area contributed by atoms with E-state index < -0.39 is 30.4 Å². The van der Waals surface area contributed by atoms with E-state index in [-0.39, 0.29) is 11.4 Å². The Morgan fingerprint density at radius 2 is 1.88 bits per heavy atom. The molecule has 3 aromatic rings. The summed E-state index contributed by atoms with van der Waals surface area (Å²) in [6.07, 6.45) is -4.29. The molecule has 1 aliphatic rings. The number of rotatable bonds is 5. The Kier molecular flexibility index (Phi) is 5.84. The lowest BCUT2D eigenvalue weighted by Gasteiger charge is -2.23. The number of hydrogen-bond donors (Lipinski definition) is 1. The van der Waals surface area contributed by atoms with Crippen molar-refractivity contribution in [3.8, 4) is 11.5 Å². The second kappa shape index (κ2) is 8.61. The molecule has 0 fully saturated rings. The molecule has 1 atom stereocenters. The molecular formula is C23H21F3N4O3. The van der Waals surface area contributed by atoms with Crippen molar-refractivity contribution in [3.63, 3.8) is 0 Å². The Hall–Kier alpha value is -3.82. The van der Waals surface area contributed by atoms with Gasteiger partial charge in [0.15, 0.2) is 5.69 Å². The maximum Gasteiger partial charge on any atom is 0.435 e. The van der Waals surface area contributed by atoms with E-state index in [2.05, 4.69) is 10.2 Å². The maximum atomic E-state index is 13.2. The van der Waals surface area contributed by atoms with Gasteiger partial charge in [0.1, 0.15) is 18.0 Å². The molecule has 4 rings (SSSR count). The normalized spacial score (nSPS) is 16.1. The predicted molar refractivity (Wildman–Crippen MR) is 114 cm³/mol. The summed E-state index contributed by atoms with van der Waals surface area (Å²) in [6.45, 7) is 1.03. The number of methoxy groups -OCH3 is 1. The lowest BCUT2D eigenvalue weighted by molar-refractivity contribution is -0.142. The summed E-state index contributed by atoms with van der Waals surface area (Å²) < 4.78 is 45.2. The Bertz CT molecular complexity index is 1200. The predicted octanol–water partition coefficient (Wildman–Crippen LogP) is 4.30. The second-order valence-electron chi connectivity index (χ2n) is 7.62. The van der Waals surface area contributed by atoms with Gasteiger partial charge in [-0.25, -0.2) is 5.01 Å². The van der Waals surface area contributed by atoms with Crippen LogP contribution in [0.5, 0.6) is 11.5 Å². The zero-order valence-electron chi connectivity index (χ0n) is 17.9. The molecule has 1 aliphatic heterocycles. The van der Waals surface area contributed by atoms with E-state index in [0.29, 0.717) is 23.4 Å². The number of aryl methyl sites for hydroxylation is 1. The molecule has 0 saturated heterocycles. The van der Waals surface area contributed by atoms with Crippen LogP contribution in [0.4, 0.5) is 13.2 Å². The highest BCUT2D eigenvalue weighted by Gasteiger charge is 2.37. The van der Waals surface area contributed by atoms with Crippen molar-refractivity contribution in [2.24, 2.45) is 5.10 Å². The number of carbonyl (C=O) groups excluding carboxylic acids is 1. The maximum absolute atomic E-state index is 13.2. The van der Waals surface area contributed by atoms with Crippen molar-refractivity contribution in [2.45, 2.75) is 32.1 Å². The van der Waals surface area contributed by atoms with E-state index >= 15 is 0 Å². The van der Waals surface area contributed by atoms with Crippen molar-refractivity contribution >= 4 is 11.6 Å². The molecule has 2 aromatic carbocycles. The van der Waals surface area contributed by atoms with Gasteiger partial charge in [0.05, 0.1) is 18.9 Å². The summed E-state index contributed by atoms with van der Waals surface area (Å²) in [5.41, 5.74) is 1.00. The minimum atomic E-state index is -4.61. The van der Waals surface area contributed by atoms with Gasteiger partial charge < -0.3 is 9.84 Å². The number of amides is 1. The number of nitrogens with zero attached hydrogens (tertiary/aromatic N) is 4. The van der Waals surface area contributed by atoms with Crippen LogP contribution in [0, 0.1) is 6.92 Å². The number of ether oxygens (including phenoxy) is 1. The summed E-state index contributed by atoms with van der Waals surface area (Å²) in [7, 11) is 1.55. The Morgan fingerprint density at radius 1 is 1.18 bits per heavy atom. The molecule has 0 spiro atoms. The molecule has 1 amide bonds. The molecule has 7 nitrogen and oxygen atoms in total. The lowest BCUT2D eigenvalue weighted by Crippen LogP contribution is -2.31. The van der Waals surface area contributed by atoms with Crippen LogP contribution < -0.4 is 4.74 Å². The fourth-order valence-corrected chi connectivity index (χ4v) is 3.72. The van der Waals surface area contributed by atoms with Crippen LogP contribution >= 0.6 is 0 Å². The summed E-state index contributed by atoms with van der Waals surface area (Å²) in [6, 6.07) is 14.0. The topological polar surface area (TPSA) is 80.0 Å². The van der Waals surface area contributed by atoms with E-state index in [1.165, 1.54) is 18.0 Å². The first kappa shape index (κ1) is 22.4. The number of aromatic hydroxyl groups is 1. The van der Waals surface area contributed by atoms with Crippen LogP contribution in [-0.2, 0) is 17.5 Å². The third-order valence-electron chi connectivity index (χ3n) is 5.44. The van der Waals surface area contributed by atoms with Crippen LogP contribution in [0.1, 0.15) is 35.0 Å².